The molecule has 0 spiro atoms. The first-order valence-corrected chi connectivity index (χ1v) is 7.84. The normalized spacial score (nSPS) is 22.7. The number of likely N-dealkylation sites (tertiary alicyclic amines) is 1. The fourth-order valence-corrected chi connectivity index (χ4v) is 3.24. The Bertz CT molecular complexity index is 314. The molecule has 0 aromatic rings. The average Bonchev–Trinajstić information content (AvgIpc) is 2.48. The summed E-state index contributed by atoms with van der Waals surface area (Å²) < 4.78 is 10.7. The van der Waals surface area contributed by atoms with E-state index in [4.69, 9.17) is 15.2 Å². The summed E-state index contributed by atoms with van der Waals surface area (Å²) >= 11 is 0. The molecule has 1 aliphatic heterocycles. The van der Waals surface area contributed by atoms with Gasteiger partial charge in [-0.3, -0.25) is 4.79 Å². The van der Waals surface area contributed by atoms with E-state index in [0.717, 1.165) is 51.6 Å². The number of hydrogen-bond acceptors (Lipinski definition) is 4. The predicted octanol–water partition coefficient (Wildman–Crippen LogP) is 1.72. The Morgan fingerprint density at radius 3 is 2.38 bits per heavy atom. The zero-order valence-electron chi connectivity index (χ0n) is 13.0. The van der Waals surface area contributed by atoms with Crippen molar-refractivity contribution < 1.29 is 14.3 Å². The van der Waals surface area contributed by atoms with Gasteiger partial charge in [-0.05, 0) is 25.7 Å². The first-order chi connectivity index (χ1) is 9.65. The second kappa shape index (κ2) is 8.93. The van der Waals surface area contributed by atoms with Crippen LogP contribution >= 0.6 is 12.4 Å². The summed E-state index contributed by atoms with van der Waals surface area (Å²) in [5.74, 6) is 0.160. The lowest BCUT2D eigenvalue weighted by Crippen LogP contribution is -2.58. The van der Waals surface area contributed by atoms with Crippen molar-refractivity contribution in [3.63, 3.8) is 0 Å². The molecule has 2 rings (SSSR count). The molecule has 0 aromatic heterocycles. The molecule has 1 saturated carbocycles. The van der Waals surface area contributed by atoms with Crippen molar-refractivity contribution in [3.05, 3.63) is 0 Å². The van der Waals surface area contributed by atoms with Crippen molar-refractivity contribution >= 4 is 18.3 Å². The molecule has 2 N–H and O–H groups in total. The standard InChI is InChI=1S/C15H28N2O3.ClH/c1-19-11-12-20-13-5-9-17(10-6-13)14(18)15(16)7-3-2-4-8-15;/h13H,2-12,16H2,1H3;1H. The molecule has 0 atom stereocenters. The largest absolute Gasteiger partial charge is 0.382 e. The summed E-state index contributed by atoms with van der Waals surface area (Å²) in [6, 6.07) is 0. The van der Waals surface area contributed by atoms with Gasteiger partial charge in [-0.25, -0.2) is 0 Å². The molecule has 124 valence electrons. The van der Waals surface area contributed by atoms with Crippen molar-refractivity contribution in [2.45, 2.75) is 56.6 Å². The van der Waals surface area contributed by atoms with E-state index in [1.165, 1.54) is 6.42 Å². The Morgan fingerprint density at radius 1 is 1.19 bits per heavy atom. The van der Waals surface area contributed by atoms with Crippen molar-refractivity contribution in [1.82, 2.24) is 4.90 Å². The molecular formula is C15H29ClN2O3. The maximum Gasteiger partial charge on any atom is 0.242 e. The molecule has 1 heterocycles. The van der Waals surface area contributed by atoms with E-state index in [1.807, 2.05) is 4.90 Å². The molecule has 1 saturated heterocycles. The summed E-state index contributed by atoms with van der Waals surface area (Å²) in [6.07, 6.45) is 7.14. The topological polar surface area (TPSA) is 64.8 Å². The SMILES string of the molecule is COCCOC1CCN(C(=O)C2(N)CCCCC2)CC1.Cl. The first kappa shape index (κ1) is 18.7. The Labute approximate surface area is 133 Å². The quantitative estimate of drug-likeness (QED) is 0.783. The number of amides is 1. The number of hydrogen-bond donors (Lipinski definition) is 1. The van der Waals surface area contributed by atoms with Gasteiger partial charge in [0.25, 0.3) is 0 Å². The lowest BCUT2D eigenvalue weighted by Gasteiger charge is -2.39. The zero-order valence-corrected chi connectivity index (χ0v) is 13.8. The monoisotopic (exact) mass is 320 g/mol. The number of carbonyl (C=O) groups excluding carboxylic acids is 1. The van der Waals surface area contributed by atoms with Crippen LogP contribution in [0, 0.1) is 0 Å². The fourth-order valence-electron chi connectivity index (χ4n) is 3.24. The Morgan fingerprint density at radius 2 is 1.81 bits per heavy atom. The minimum absolute atomic E-state index is 0. The summed E-state index contributed by atoms with van der Waals surface area (Å²) in [5.41, 5.74) is 5.73. The van der Waals surface area contributed by atoms with E-state index in [-0.39, 0.29) is 24.4 Å². The fraction of sp³-hybridized carbons (Fsp3) is 0.933. The van der Waals surface area contributed by atoms with E-state index >= 15 is 0 Å². The van der Waals surface area contributed by atoms with Gasteiger partial charge < -0.3 is 20.1 Å². The maximum absolute atomic E-state index is 12.6. The molecular weight excluding hydrogens is 292 g/mol. The highest BCUT2D eigenvalue weighted by Gasteiger charge is 2.39. The molecule has 0 aromatic carbocycles. The summed E-state index contributed by atoms with van der Waals surface area (Å²) in [7, 11) is 1.68. The van der Waals surface area contributed by atoms with Gasteiger partial charge in [-0.2, -0.15) is 0 Å². The van der Waals surface area contributed by atoms with Crippen LogP contribution < -0.4 is 5.73 Å². The number of rotatable bonds is 5. The van der Waals surface area contributed by atoms with Gasteiger partial charge in [0.05, 0.1) is 24.9 Å². The van der Waals surface area contributed by atoms with Gasteiger partial charge in [-0.1, -0.05) is 19.3 Å². The van der Waals surface area contributed by atoms with Crippen molar-refractivity contribution in [1.29, 1.82) is 0 Å². The molecule has 2 aliphatic rings. The van der Waals surface area contributed by atoms with E-state index in [0.29, 0.717) is 13.2 Å². The molecule has 0 bridgehead atoms. The van der Waals surface area contributed by atoms with Crippen molar-refractivity contribution in [3.8, 4) is 0 Å². The van der Waals surface area contributed by atoms with Crippen LogP contribution in [0.15, 0.2) is 0 Å². The second-order valence-electron chi connectivity index (χ2n) is 6.07. The third-order valence-electron chi connectivity index (χ3n) is 4.54. The average molecular weight is 321 g/mol. The van der Waals surface area contributed by atoms with Crippen LogP contribution in [0.25, 0.3) is 0 Å². The minimum Gasteiger partial charge on any atom is -0.382 e. The van der Waals surface area contributed by atoms with Gasteiger partial charge in [0.1, 0.15) is 0 Å². The van der Waals surface area contributed by atoms with Crippen molar-refractivity contribution in [2.75, 3.05) is 33.4 Å². The Hall–Kier alpha value is -0.360. The lowest BCUT2D eigenvalue weighted by atomic mass is 9.81. The van der Waals surface area contributed by atoms with Crippen LogP contribution in [0.2, 0.25) is 0 Å². The van der Waals surface area contributed by atoms with Gasteiger partial charge >= 0.3 is 0 Å². The van der Waals surface area contributed by atoms with E-state index in [9.17, 15) is 4.79 Å². The first-order valence-electron chi connectivity index (χ1n) is 7.84. The van der Waals surface area contributed by atoms with Gasteiger partial charge in [-0.15, -0.1) is 12.4 Å². The summed E-state index contributed by atoms with van der Waals surface area (Å²) in [4.78, 5) is 14.5. The van der Waals surface area contributed by atoms with Crippen LogP contribution in [0.3, 0.4) is 0 Å². The third-order valence-corrected chi connectivity index (χ3v) is 4.54. The van der Waals surface area contributed by atoms with E-state index < -0.39 is 5.54 Å². The molecule has 5 nitrogen and oxygen atoms in total. The number of carbonyl (C=O) groups is 1. The second-order valence-corrected chi connectivity index (χ2v) is 6.07. The molecule has 6 heteroatoms. The highest BCUT2D eigenvalue weighted by Crippen LogP contribution is 2.29. The van der Waals surface area contributed by atoms with Crippen LogP contribution in [0.5, 0.6) is 0 Å². The number of methoxy groups -OCH3 is 1. The minimum atomic E-state index is -0.595. The molecule has 0 unspecified atom stereocenters. The van der Waals surface area contributed by atoms with Crippen LogP contribution in [-0.2, 0) is 14.3 Å². The Balaban J connectivity index is 0.00000220. The Kier molecular flexibility index (Phi) is 7.95. The highest BCUT2D eigenvalue weighted by atomic mass is 35.5. The van der Waals surface area contributed by atoms with Crippen LogP contribution in [0.4, 0.5) is 0 Å². The van der Waals surface area contributed by atoms with E-state index in [1.54, 1.807) is 7.11 Å². The van der Waals surface area contributed by atoms with Gasteiger partial charge in [0.15, 0.2) is 0 Å². The van der Waals surface area contributed by atoms with Crippen LogP contribution in [0.1, 0.15) is 44.9 Å². The van der Waals surface area contributed by atoms with Crippen molar-refractivity contribution in [2.24, 2.45) is 5.73 Å². The highest BCUT2D eigenvalue weighted by molar-refractivity contribution is 5.86. The molecule has 1 aliphatic carbocycles. The molecule has 1 amide bonds. The number of nitrogens with zero attached hydrogens (tertiary/aromatic N) is 1. The van der Waals surface area contributed by atoms with Crippen LogP contribution in [-0.4, -0.2) is 55.9 Å². The molecule has 21 heavy (non-hydrogen) atoms. The smallest absolute Gasteiger partial charge is 0.242 e. The maximum atomic E-state index is 12.6. The number of nitrogens with two attached hydrogens (primary N) is 1. The summed E-state index contributed by atoms with van der Waals surface area (Å²) in [6.45, 7) is 2.81. The number of piperidine rings is 1. The molecule has 2 fully saturated rings. The van der Waals surface area contributed by atoms with E-state index in [2.05, 4.69) is 0 Å². The number of ether oxygens (including phenoxy) is 2. The van der Waals surface area contributed by atoms with Gasteiger partial charge in [0, 0.05) is 20.2 Å². The lowest BCUT2D eigenvalue weighted by molar-refractivity contribution is -0.141. The number of halogens is 1. The predicted molar refractivity (Wildman–Crippen MR) is 84.7 cm³/mol. The summed E-state index contributed by atoms with van der Waals surface area (Å²) in [5, 5.41) is 0. The molecule has 0 radical (unpaired) electrons. The third kappa shape index (κ3) is 5.09. The zero-order chi connectivity index (χ0) is 14.4. The van der Waals surface area contributed by atoms with Gasteiger partial charge in [0.2, 0.25) is 5.91 Å².